The first-order valence-corrected chi connectivity index (χ1v) is 8.20. The van der Waals surface area contributed by atoms with Gasteiger partial charge in [-0.05, 0) is 29.7 Å². The van der Waals surface area contributed by atoms with Crippen molar-refractivity contribution in [3.8, 4) is 0 Å². The summed E-state index contributed by atoms with van der Waals surface area (Å²) < 4.78 is 1.62. The molecule has 2 heterocycles. The molecule has 1 N–H and O–H groups in total. The van der Waals surface area contributed by atoms with Gasteiger partial charge < -0.3 is 5.32 Å². The van der Waals surface area contributed by atoms with Crippen molar-refractivity contribution < 1.29 is 9.59 Å². The van der Waals surface area contributed by atoms with Crippen LogP contribution in [0.3, 0.4) is 0 Å². The lowest BCUT2D eigenvalue weighted by Gasteiger charge is -2.01. The fourth-order valence-electron chi connectivity index (χ4n) is 1.89. The maximum Gasteiger partial charge on any atom is 0.261 e. The number of hydrogen-bond acceptors (Lipinski definition) is 4. The first kappa shape index (κ1) is 14.3. The number of Topliss-reactive ketones (excluding diaryl/α,β-unsaturated/α-hetero) is 1. The number of thiophene rings is 2. The summed E-state index contributed by atoms with van der Waals surface area (Å²) in [5, 5.41) is 3.68. The molecule has 1 aromatic carbocycles. The van der Waals surface area contributed by atoms with Crippen LogP contribution < -0.4 is 5.32 Å². The molecule has 0 unspecified atom stereocenters. The highest BCUT2D eigenvalue weighted by molar-refractivity contribution is 7.20. The lowest BCUT2D eigenvalue weighted by atomic mass is 10.2. The average Bonchev–Trinajstić information content (AvgIpc) is 3.10. The first-order chi connectivity index (χ1) is 10.1. The Kier molecular flexibility index (Phi) is 4.05. The van der Waals surface area contributed by atoms with E-state index in [4.69, 9.17) is 11.6 Å². The monoisotopic (exact) mass is 335 g/mol. The summed E-state index contributed by atoms with van der Waals surface area (Å²) in [5.41, 5.74) is 0. The van der Waals surface area contributed by atoms with Gasteiger partial charge in [-0.1, -0.05) is 29.8 Å². The largest absolute Gasteiger partial charge is 0.344 e. The Bertz CT molecular complexity index is 789. The highest BCUT2D eigenvalue weighted by atomic mass is 35.5. The van der Waals surface area contributed by atoms with E-state index in [1.165, 1.54) is 22.7 Å². The van der Waals surface area contributed by atoms with Gasteiger partial charge in [-0.25, -0.2) is 0 Å². The third kappa shape index (κ3) is 3.15. The molecule has 0 aliphatic heterocycles. The molecule has 0 aliphatic rings. The van der Waals surface area contributed by atoms with Gasteiger partial charge in [0, 0.05) is 4.70 Å². The van der Waals surface area contributed by atoms with Crippen molar-refractivity contribution in [2.45, 2.75) is 0 Å². The molecule has 3 rings (SSSR count). The van der Waals surface area contributed by atoms with Crippen LogP contribution >= 0.6 is 34.3 Å². The molecule has 3 aromatic rings. The van der Waals surface area contributed by atoms with Gasteiger partial charge in [0.2, 0.25) is 0 Å². The van der Waals surface area contributed by atoms with Gasteiger partial charge >= 0.3 is 0 Å². The molecule has 0 bridgehead atoms. The standard InChI is InChI=1S/C15H10ClNO2S2/c16-14-6-5-12(21-14)10(18)8-17-15(19)13-7-9-3-1-2-4-11(9)20-13/h1-7H,8H2,(H,17,19). The van der Waals surface area contributed by atoms with Gasteiger partial charge in [0.25, 0.3) is 5.91 Å². The first-order valence-electron chi connectivity index (χ1n) is 6.19. The van der Waals surface area contributed by atoms with E-state index in [2.05, 4.69) is 5.32 Å². The number of hydrogen-bond donors (Lipinski definition) is 1. The number of nitrogens with one attached hydrogen (secondary N) is 1. The topological polar surface area (TPSA) is 46.2 Å². The van der Waals surface area contributed by atoms with Crippen LogP contribution in [-0.4, -0.2) is 18.2 Å². The number of halogens is 1. The molecule has 3 nitrogen and oxygen atoms in total. The predicted molar refractivity (Wildman–Crippen MR) is 87.8 cm³/mol. The average molecular weight is 336 g/mol. The van der Waals surface area contributed by atoms with Crippen molar-refractivity contribution in [2.75, 3.05) is 6.54 Å². The van der Waals surface area contributed by atoms with Crippen LogP contribution in [0.2, 0.25) is 4.34 Å². The van der Waals surface area contributed by atoms with Crippen LogP contribution in [-0.2, 0) is 0 Å². The zero-order chi connectivity index (χ0) is 14.8. The predicted octanol–water partition coefficient (Wildman–Crippen LogP) is 4.23. The van der Waals surface area contributed by atoms with Gasteiger partial charge in [0.15, 0.2) is 5.78 Å². The normalized spacial score (nSPS) is 10.7. The maximum absolute atomic E-state index is 12.1. The molecular formula is C15H10ClNO2S2. The Morgan fingerprint density at radius 3 is 2.57 bits per heavy atom. The lowest BCUT2D eigenvalue weighted by molar-refractivity contribution is 0.0908. The lowest BCUT2D eigenvalue weighted by Crippen LogP contribution is -2.28. The minimum absolute atomic E-state index is 0.0239. The minimum atomic E-state index is -0.229. The Balaban J connectivity index is 1.67. The molecule has 0 spiro atoms. The molecule has 1 amide bonds. The molecule has 21 heavy (non-hydrogen) atoms. The Hall–Kier alpha value is -1.69. The smallest absolute Gasteiger partial charge is 0.261 e. The van der Waals surface area contributed by atoms with Gasteiger partial charge in [-0.2, -0.15) is 0 Å². The number of benzene rings is 1. The van der Waals surface area contributed by atoms with Gasteiger partial charge in [-0.3, -0.25) is 9.59 Å². The molecule has 0 saturated heterocycles. The summed E-state index contributed by atoms with van der Waals surface area (Å²) in [4.78, 5) is 25.1. The number of carbonyl (C=O) groups excluding carboxylic acids is 2. The Morgan fingerprint density at radius 1 is 1.05 bits per heavy atom. The van der Waals surface area contributed by atoms with Gasteiger partial charge in [0.05, 0.1) is 20.6 Å². The van der Waals surface area contributed by atoms with Crippen molar-refractivity contribution in [1.82, 2.24) is 5.32 Å². The summed E-state index contributed by atoms with van der Waals surface area (Å²) in [5.74, 6) is -0.367. The van der Waals surface area contributed by atoms with E-state index in [9.17, 15) is 9.59 Å². The molecule has 0 fully saturated rings. The molecule has 0 aliphatic carbocycles. The van der Waals surface area contributed by atoms with Crippen molar-refractivity contribution in [3.05, 3.63) is 56.6 Å². The third-order valence-electron chi connectivity index (χ3n) is 2.91. The van der Waals surface area contributed by atoms with Crippen molar-refractivity contribution >= 4 is 56.1 Å². The van der Waals surface area contributed by atoms with Gasteiger partial charge in [-0.15, -0.1) is 22.7 Å². The molecule has 106 valence electrons. The maximum atomic E-state index is 12.1. The van der Waals surface area contributed by atoms with Crippen molar-refractivity contribution in [2.24, 2.45) is 0 Å². The van der Waals surface area contributed by atoms with Crippen LogP contribution in [0.15, 0.2) is 42.5 Å². The summed E-state index contributed by atoms with van der Waals surface area (Å²) >= 11 is 8.42. The molecule has 0 atom stereocenters. The van der Waals surface area contributed by atoms with Crippen LogP contribution in [0.1, 0.15) is 19.3 Å². The number of ketones is 1. The molecule has 2 aromatic heterocycles. The molecule has 6 heteroatoms. The number of carbonyl (C=O) groups is 2. The van der Waals surface area contributed by atoms with E-state index in [0.29, 0.717) is 14.1 Å². The second-order valence-electron chi connectivity index (χ2n) is 4.36. The Labute approximate surface area is 134 Å². The summed E-state index contributed by atoms with van der Waals surface area (Å²) in [6.07, 6.45) is 0. The van der Waals surface area contributed by atoms with Crippen LogP contribution in [0.25, 0.3) is 10.1 Å². The highest BCUT2D eigenvalue weighted by Crippen LogP contribution is 2.25. The zero-order valence-corrected chi connectivity index (χ0v) is 13.1. The fraction of sp³-hybridized carbons (Fsp3) is 0.0667. The number of amides is 1. The number of fused-ring (bicyclic) bond motifs is 1. The van der Waals surface area contributed by atoms with Crippen molar-refractivity contribution in [1.29, 1.82) is 0 Å². The summed E-state index contributed by atoms with van der Waals surface area (Å²) in [7, 11) is 0. The van der Waals surface area contributed by atoms with Crippen LogP contribution in [0.5, 0.6) is 0 Å². The quantitative estimate of drug-likeness (QED) is 0.725. The summed E-state index contributed by atoms with van der Waals surface area (Å²) in [6.45, 7) is -0.0239. The highest BCUT2D eigenvalue weighted by Gasteiger charge is 2.13. The van der Waals surface area contributed by atoms with E-state index < -0.39 is 0 Å². The second kappa shape index (κ2) is 5.97. The third-order valence-corrected chi connectivity index (χ3v) is 5.29. The van der Waals surface area contributed by atoms with E-state index in [1.807, 2.05) is 30.3 Å². The van der Waals surface area contributed by atoms with E-state index in [1.54, 1.807) is 12.1 Å². The fourth-order valence-corrected chi connectivity index (χ4v) is 3.85. The van der Waals surface area contributed by atoms with Gasteiger partial charge in [0.1, 0.15) is 0 Å². The number of rotatable bonds is 4. The van der Waals surface area contributed by atoms with Crippen LogP contribution in [0, 0.1) is 0 Å². The van der Waals surface area contributed by atoms with E-state index in [-0.39, 0.29) is 18.2 Å². The van der Waals surface area contributed by atoms with E-state index >= 15 is 0 Å². The second-order valence-corrected chi connectivity index (χ2v) is 7.16. The summed E-state index contributed by atoms with van der Waals surface area (Å²) in [6, 6.07) is 13.0. The Morgan fingerprint density at radius 2 is 1.86 bits per heavy atom. The molecule has 0 saturated carbocycles. The SMILES string of the molecule is O=C(CNC(=O)c1cc2ccccc2s1)c1ccc(Cl)s1. The van der Waals surface area contributed by atoms with Crippen molar-refractivity contribution in [3.63, 3.8) is 0 Å². The molecular weight excluding hydrogens is 326 g/mol. The van der Waals surface area contributed by atoms with E-state index in [0.717, 1.165) is 10.1 Å². The minimum Gasteiger partial charge on any atom is -0.344 e. The van der Waals surface area contributed by atoms with Crippen LogP contribution in [0.4, 0.5) is 0 Å². The molecule has 0 radical (unpaired) electrons. The zero-order valence-electron chi connectivity index (χ0n) is 10.8.